The Morgan fingerprint density at radius 1 is 1.06 bits per heavy atom. The molecule has 13 nitrogen and oxygen atoms in total. The van der Waals surface area contributed by atoms with E-state index in [1.165, 1.54) is 0 Å². The summed E-state index contributed by atoms with van der Waals surface area (Å²) >= 11 is 0. The lowest BCUT2D eigenvalue weighted by Gasteiger charge is -2.19. The van der Waals surface area contributed by atoms with Crippen LogP contribution in [-0.4, -0.2) is 61.1 Å². The maximum atomic E-state index is 12.4. The fourth-order valence-electron chi connectivity index (χ4n) is 3.45. The molecule has 1 aromatic carbocycles. The van der Waals surface area contributed by atoms with Gasteiger partial charge in [0.2, 0.25) is 5.95 Å². The van der Waals surface area contributed by atoms with Crippen LogP contribution in [0.4, 0.5) is 17.5 Å². The molecule has 0 saturated carbocycles. The molecule has 0 saturated heterocycles. The van der Waals surface area contributed by atoms with Crippen molar-refractivity contribution in [3.05, 3.63) is 41.2 Å². The number of amides is 1. The van der Waals surface area contributed by atoms with Crippen LogP contribution in [0.5, 0.6) is 0 Å². The number of carboxylic acids is 2. The summed E-state index contributed by atoms with van der Waals surface area (Å²) in [5.41, 5.74) is 14.6. The van der Waals surface area contributed by atoms with E-state index in [2.05, 4.69) is 25.3 Å². The Morgan fingerprint density at radius 2 is 1.73 bits per heavy atom. The number of carbonyl (C=O) groups is 3. The van der Waals surface area contributed by atoms with Crippen molar-refractivity contribution in [2.75, 3.05) is 23.4 Å². The average Bonchev–Trinajstić information content (AvgIpc) is 3.47. The molecule has 0 radical (unpaired) electrons. The van der Waals surface area contributed by atoms with E-state index in [4.69, 9.17) is 16.6 Å². The second-order valence-corrected chi connectivity index (χ2v) is 7.49. The lowest BCUT2D eigenvalue weighted by Crippen LogP contribution is -2.41. The van der Waals surface area contributed by atoms with Crippen LogP contribution in [0.15, 0.2) is 24.3 Å². The zero-order chi connectivity index (χ0) is 23.9. The second-order valence-electron chi connectivity index (χ2n) is 7.49. The summed E-state index contributed by atoms with van der Waals surface area (Å²) in [5.74, 6) is -2.88. The molecule has 1 aliphatic rings. The number of nitrogen functional groups attached to an aromatic ring is 2. The number of hydrogen-bond acceptors (Lipinski definition) is 10. The van der Waals surface area contributed by atoms with E-state index in [-0.39, 0.29) is 36.2 Å². The summed E-state index contributed by atoms with van der Waals surface area (Å²) in [5, 5.41) is 20.3. The molecular formula is C20H20N8O5. The fourth-order valence-corrected chi connectivity index (χ4v) is 3.45. The van der Waals surface area contributed by atoms with Gasteiger partial charge in [0.1, 0.15) is 12.1 Å². The lowest BCUT2D eigenvalue weighted by atomic mass is 10.1. The van der Waals surface area contributed by atoms with Gasteiger partial charge < -0.3 is 31.9 Å². The van der Waals surface area contributed by atoms with Gasteiger partial charge >= 0.3 is 11.9 Å². The first kappa shape index (κ1) is 21.7. The average molecular weight is 452 g/mol. The van der Waals surface area contributed by atoms with E-state index in [1.807, 2.05) is 11.9 Å². The topological polar surface area (TPSA) is 211 Å². The summed E-state index contributed by atoms with van der Waals surface area (Å²) in [6.07, 6.45) is -0.587. The number of rotatable bonds is 8. The Morgan fingerprint density at radius 3 is 2.36 bits per heavy atom. The molecule has 170 valence electrons. The van der Waals surface area contributed by atoms with Gasteiger partial charge in [-0.3, -0.25) is 9.59 Å². The van der Waals surface area contributed by atoms with Gasteiger partial charge in [-0.05, 0) is 30.7 Å². The first-order valence-corrected chi connectivity index (χ1v) is 9.84. The van der Waals surface area contributed by atoms with Crippen LogP contribution in [0.1, 0.15) is 40.6 Å². The minimum absolute atomic E-state index is 0.0155. The van der Waals surface area contributed by atoms with Gasteiger partial charge in [-0.1, -0.05) is 0 Å². The first-order valence-electron chi connectivity index (χ1n) is 9.84. The normalized spacial score (nSPS) is 14.9. The first-order chi connectivity index (χ1) is 15.7. The third kappa shape index (κ3) is 4.28. The highest BCUT2D eigenvalue weighted by atomic mass is 16.4. The second kappa shape index (κ2) is 8.18. The van der Waals surface area contributed by atoms with Crippen LogP contribution < -0.4 is 21.7 Å². The maximum Gasteiger partial charge on any atom is 0.326 e. The molecule has 4 rings (SSSR count). The van der Waals surface area contributed by atoms with E-state index >= 15 is 0 Å². The van der Waals surface area contributed by atoms with Gasteiger partial charge in [-0.15, -0.1) is 0 Å². The maximum absolute atomic E-state index is 12.4. The Bertz CT molecular complexity index is 1280. The summed E-state index contributed by atoms with van der Waals surface area (Å²) in [7, 11) is 1.84. The monoisotopic (exact) mass is 452 g/mol. The van der Waals surface area contributed by atoms with Crippen molar-refractivity contribution in [1.29, 1.82) is 0 Å². The summed E-state index contributed by atoms with van der Waals surface area (Å²) in [6.45, 7) is 0. The van der Waals surface area contributed by atoms with Gasteiger partial charge in [0.25, 0.3) is 5.91 Å². The zero-order valence-electron chi connectivity index (χ0n) is 17.4. The van der Waals surface area contributed by atoms with E-state index in [0.717, 1.165) is 17.1 Å². The van der Waals surface area contributed by atoms with Crippen LogP contribution in [-0.2, 0) is 9.59 Å². The number of carboxylic acid groups (broad SMARTS) is 2. The van der Waals surface area contributed by atoms with Crippen molar-refractivity contribution >= 4 is 46.5 Å². The molecule has 13 heteroatoms. The minimum atomic E-state index is -1.30. The molecule has 0 fully saturated rings. The van der Waals surface area contributed by atoms with Crippen LogP contribution in [0.3, 0.4) is 0 Å². The highest BCUT2D eigenvalue weighted by molar-refractivity contribution is 5.97. The molecule has 3 aromatic rings. The molecule has 7 N–H and O–H groups in total. The number of benzene rings is 1. The van der Waals surface area contributed by atoms with Gasteiger partial charge in [0, 0.05) is 24.7 Å². The fraction of sp³-hybridized carbons (Fsp3) is 0.250. The molecule has 2 heterocycles. The largest absolute Gasteiger partial charge is 0.481 e. The number of nitrogens with zero attached hydrogens (tertiary/aromatic N) is 5. The SMILES string of the molecule is CN(c1ccc(C(=O)N[C@@H](CCC(=O)O)C(=O)O)cc1)C1c2nc3nc(N)nc(N)c3nc21. The quantitative estimate of drug-likeness (QED) is 0.309. The Kier molecular flexibility index (Phi) is 5.37. The highest BCUT2D eigenvalue weighted by Crippen LogP contribution is 2.45. The predicted octanol–water partition coefficient (Wildman–Crippen LogP) is 0.171. The molecule has 2 atom stereocenters. The Balaban J connectivity index is 1.46. The molecule has 0 bridgehead atoms. The number of anilines is 3. The van der Waals surface area contributed by atoms with Crippen molar-refractivity contribution in [2.45, 2.75) is 24.9 Å². The van der Waals surface area contributed by atoms with Crippen molar-refractivity contribution < 1.29 is 24.6 Å². The molecule has 0 aliphatic heterocycles. The third-order valence-corrected chi connectivity index (χ3v) is 5.24. The van der Waals surface area contributed by atoms with Crippen LogP contribution >= 0.6 is 0 Å². The number of carbonyl (C=O) groups excluding carboxylic acids is 1. The predicted molar refractivity (Wildman–Crippen MR) is 116 cm³/mol. The van der Waals surface area contributed by atoms with Crippen LogP contribution in [0.25, 0.3) is 11.2 Å². The smallest absolute Gasteiger partial charge is 0.326 e. The minimum Gasteiger partial charge on any atom is -0.481 e. The number of nitrogens with one attached hydrogen (secondary N) is 1. The molecule has 0 spiro atoms. The van der Waals surface area contributed by atoms with Gasteiger partial charge in [-0.25, -0.2) is 14.8 Å². The van der Waals surface area contributed by atoms with E-state index in [1.54, 1.807) is 24.3 Å². The number of nitrogens with two attached hydrogens (primary N) is 2. The zero-order valence-corrected chi connectivity index (χ0v) is 17.4. The number of aliphatic carboxylic acids is 2. The molecular weight excluding hydrogens is 432 g/mol. The molecule has 2 aromatic heterocycles. The Hall–Kier alpha value is -4.55. The molecule has 33 heavy (non-hydrogen) atoms. The number of fused-ring (bicyclic) bond motifs is 2. The molecule has 1 aliphatic carbocycles. The van der Waals surface area contributed by atoms with Crippen LogP contribution in [0, 0.1) is 0 Å². The standard InChI is InChI=1S/C20H20N8O5/c1-28(15-12-13(15)25-17-14(24-12)16(21)26-20(22)27-17)9-4-2-8(3-5-9)18(31)23-10(19(32)33)6-7-11(29)30/h2-5,10,15H,6-7H2,1H3,(H,23,31)(H,29,30)(H,32,33)(H4,21,22,25,26,27)/t10-,15?/m0/s1. The molecule has 1 unspecified atom stereocenters. The number of aromatic nitrogens is 4. The van der Waals surface area contributed by atoms with Gasteiger partial charge in [0.05, 0.1) is 11.4 Å². The van der Waals surface area contributed by atoms with Gasteiger partial charge in [0.15, 0.2) is 17.0 Å². The van der Waals surface area contributed by atoms with Crippen molar-refractivity contribution in [2.24, 2.45) is 0 Å². The van der Waals surface area contributed by atoms with E-state index < -0.39 is 23.9 Å². The van der Waals surface area contributed by atoms with Crippen molar-refractivity contribution in [3.8, 4) is 0 Å². The van der Waals surface area contributed by atoms with Crippen LogP contribution in [0.2, 0.25) is 0 Å². The number of hydrogen-bond donors (Lipinski definition) is 5. The van der Waals surface area contributed by atoms with Crippen molar-refractivity contribution in [1.82, 2.24) is 25.3 Å². The summed E-state index contributed by atoms with van der Waals surface area (Å²) in [6, 6.07) is 5.00. The lowest BCUT2D eigenvalue weighted by molar-refractivity contribution is -0.140. The molecule has 1 amide bonds. The third-order valence-electron chi connectivity index (χ3n) is 5.24. The Labute approximate surface area is 186 Å². The van der Waals surface area contributed by atoms with Crippen molar-refractivity contribution in [3.63, 3.8) is 0 Å². The highest BCUT2D eigenvalue weighted by Gasteiger charge is 2.41. The summed E-state index contributed by atoms with van der Waals surface area (Å²) < 4.78 is 0. The van der Waals surface area contributed by atoms with E-state index in [9.17, 15) is 19.5 Å². The van der Waals surface area contributed by atoms with E-state index in [0.29, 0.717) is 11.2 Å². The van der Waals surface area contributed by atoms with Gasteiger partial charge in [-0.2, -0.15) is 9.97 Å². The summed E-state index contributed by atoms with van der Waals surface area (Å²) in [4.78, 5) is 53.2.